The molecule has 0 amide bonds. The molecule has 0 bridgehead atoms. The summed E-state index contributed by atoms with van der Waals surface area (Å²) in [5.74, 6) is 0. The third-order valence-corrected chi connectivity index (χ3v) is 2.81. The molecule has 1 aromatic rings. The lowest BCUT2D eigenvalue weighted by molar-refractivity contribution is -0.139. The maximum Gasteiger partial charge on any atom is 0.390 e. The average Bonchev–Trinajstić information content (AvgIpc) is 2.53. The molecule has 0 saturated carbocycles. The van der Waals surface area contributed by atoms with Gasteiger partial charge >= 0.3 is 6.18 Å². The van der Waals surface area contributed by atoms with Gasteiger partial charge < -0.3 is 5.32 Å². The van der Waals surface area contributed by atoms with Crippen LogP contribution in [0.25, 0.3) is 0 Å². The first kappa shape index (κ1) is 11.5. The monoisotopic (exact) mass is 223 g/mol. The Balaban J connectivity index is 2.47. The number of hydrogen-bond acceptors (Lipinski definition) is 2. The maximum atomic E-state index is 12.1. The normalized spacial score (nSPS) is 14.3. The highest BCUT2D eigenvalue weighted by atomic mass is 32.1. The van der Waals surface area contributed by atoms with Crippen molar-refractivity contribution in [3.63, 3.8) is 0 Å². The van der Waals surface area contributed by atoms with Gasteiger partial charge in [-0.2, -0.15) is 13.2 Å². The van der Waals surface area contributed by atoms with Gasteiger partial charge in [0, 0.05) is 10.9 Å². The van der Waals surface area contributed by atoms with Crippen molar-refractivity contribution in [3.05, 3.63) is 22.4 Å². The Kier molecular flexibility index (Phi) is 3.95. The molecule has 0 aliphatic carbocycles. The minimum atomic E-state index is -4.09. The highest BCUT2D eigenvalue weighted by Gasteiger charge is 2.31. The summed E-state index contributed by atoms with van der Waals surface area (Å²) in [6, 6.07) is 3.18. The first-order valence-electron chi connectivity index (χ1n) is 4.27. The smallest absolute Gasteiger partial charge is 0.316 e. The first-order valence-corrected chi connectivity index (χ1v) is 5.15. The molecule has 1 N–H and O–H groups in total. The van der Waals surface area contributed by atoms with Crippen molar-refractivity contribution in [3.8, 4) is 0 Å². The molecule has 1 heterocycles. The molecule has 0 radical (unpaired) electrons. The summed E-state index contributed by atoms with van der Waals surface area (Å²) in [6.45, 7) is 0. The topological polar surface area (TPSA) is 12.0 Å². The fourth-order valence-corrected chi connectivity index (χ4v) is 2.01. The molecule has 14 heavy (non-hydrogen) atoms. The second-order valence-electron chi connectivity index (χ2n) is 3.09. The molecule has 1 nitrogen and oxygen atoms in total. The van der Waals surface area contributed by atoms with E-state index in [0.717, 1.165) is 4.88 Å². The number of thiophene rings is 1. The Bertz CT molecular complexity index is 256. The van der Waals surface area contributed by atoms with E-state index in [0.29, 0.717) is 6.42 Å². The zero-order valence-electron chi connectivity index (χ0n) is 7.77. The van der Waals surface area contributed by atoms with Crippen molar-refractivity contribution in [2.45, 2.75) is 25.1 Å². The van der Waals surface area contributed by atoms with Crippen LogP contribution in [-0.2, 0) is 6.42 Å². The number of alkyl halides is 3. The van der Waals surface area contributed by atoms with E-state index in [1.165, 1.54) is 11.3 Å². The summed E-state index contributed by atoms with van der Waals surface area (Å²) in [7, 11) is 1.56. The molecular weight excluding hydrogens is 211 g/mol. The summed E-state index contributed by atoms with van der Waals surface area (Å²) in [5, 5.41) is 4.55. The zero-order chi connectivity index (χ0) is 10.6. The van der Waals surface area contributed by atoms with Gasteiger partial charge in [-0.15, -0.1) is 11.3 Å². The number of rotatable bonds is 4. The van der Waals surface area contributed by atoms with Crippen LogP contribution in [0.2, 0.25) is 0 Å². The van der Waals surface area contributed by atoms with Crippen LogP contribution in [0.4, 0.5) is 13.2 Å². The summed E-state index contributed by atoms with van der Waals surface area (Å²) in [4.78, 5) is 0.980. The molecular formula is C9H12F3NS. The molecule has 1 rings (SSSR count). The van der Waals surface area contributed by atoms with Gasteiger partial charge in [0.2, 0.25) is 0 Å². The van der Waals surface area contributed by atoms with E-state index in [9.17, 15) is 13.2 Å². The summed E-state index contributed by atoms with van der Waals surface area (Å²) < 4.78 is 36.3. The minimum absolute atomic E-state index is 0.438. The van der Waals surface area contributed by atoms with Gasteiger partial charge in [-0.1, -0.05) is 6.07 Å². The Morgan fingerprint density at radius 2 is 2.21 bits per heavy atom. The van der Waals surface area contributed by atoms with E-state index in [2.05, 4.69) is 5.32 Å². The van der Waals surface area contributed by atoms with Crippen LogP contribution < -0.4 is 5.32 Å². The van der Waals surface area contributed by atoms with Crippen LogP contribution in [-0.4, -0.2) is 19.3 Å². The van der Waals surface area contributed by atoms with Crippen LogP contribution >= 0.6 is 11.3 Å². The maximum absolute atomic E-state index is 12.1. The quantitative estimate of drug-likeness (QED) is 0.827. The van der Waals surface area contributed by atoms with E-state index in [1.54, 1.807) is 7.05 Å². The minimum Gasteiger partial charge on any atom is -0.316 e. The van der Waals surface area contributed by atoms with Gasteiger partial charge in [-0.3, -0.25) is 0 Å². The van der Waals surface area contributed by atoms with E-state index in [-0.39, 0.29) is 0 Å². The molecule has 5 heteroatoms. The SMILES string of the molecule is CNC(Cc1cccs1)CC(F)(F)F. The molecule has 0 saturated heterocycles. The van der Waals surface area contributed by atoms with Crippen molar-refractivity contribution < 1.29 is 13.2 Å². The first-order chi connectivity index (χ1) is 6.51. The van der Waals surface area contributed by atoms with Gasteiger partial charge in [0.05, 0.1) is 6.42 Å². The lowest BCUT2D eigenvalue weighted by atomic mass is 10.1. The van der Waals surface area contributed by atoms with E-state index in [1.807, 2.05) is 17.5 Å². The molecule has 1 aromatic heterocycles. The second kappa shape index (κ2) is 4.79. The van der Waals surface area contributed by atoms with Crippen molar-refractivity contribution in [1.29, 1.82) is 0 Å². The van der Waals surface area contributed by atoms with Crippen LogP contribution in [0.1, 0.15) is 11.3 Å². The Labute approximate surface area is 84.9 Å². The Morgan fingerprint density at radius 1 is 1.50 bits per heavy atom. The number of likely N-dealkylation sites (N-methyl/N-ethyl adjacent to an activating group) is 1. The summed E-state index contributed by atoms with van der Waals surface area (Å²) in [5.41, 5.74) is 0. The predicted molar refractivity (Wildman–Crippen MR) is 51.5 cm³/mol. The fraction of sp³-hybridized carbons (Fsp3) is 0.556. The lowest BCUT2D eigenvalue weighted by Crippen LogP contribution is -2.32. The molecule has 0 aliphatic rings. The molecule has 80 valence electrons. The molecule has 1 atom stereocenters. The van der Waals surface area contributed by atoms with Crippen LogP contribution in [0.5, 0.6) is 0 Å². The van der Waals surface area contributed by atoms with E-state index >= 15 is 0 Å². The highest BCUT2D eigenvalue weighted by Crippen LogP contribution is 2.23. The van der Waals surface area contributed by atoms with Gasteiger partial charge in [0.1, 0.15) is 0 Å². The van der Waals surface area contributed by atoms with Gasteiger partial charge in [-0.05, 0) is 24.9 Å². The van der Waals surface area contributed by atoms with Crippen molar-refractivity contribution in [2.75, 3.05) is 7.05 Å². The number of nitrogens with one attached hydrogen (secondary N) is 1. The Morgan fingerprint density at radius 3 is 2.64 bits per heavy atom. The van der Waals surface area contributed by atoms with Crippen molar-refractivity contribution in [1.82, 2.24) is 5.32 Å². The molecule has 0 spiro atoms. The third-order valence-electron chi connectivity index (χ3n) is 1.91. The van der Waals surface area contributed by atoms with Gasteiger partial charge in [-0.25, -0.2) is 0 Å². The summed E-state index contributed by atoms with van der Waals surface area (Å²) >= 11 is 1.49. The van der Waals surface area contributed by atoms with Gasteiger partial charge in [0.25, 0.3) is 0 Å². The molecule has 0 fully saturated rings. The van der Waals surface area contributed by atoms with Crippen LogP contribution in [0.3, 0.4) is 0 Å². The second-order valence-corrected chi connectivity index (χ2v) is 4.12. The lowest BCUT2D eigenvalue weighted by Gasteiger charge is -2.16. The van der Waals surface area contributed by atoms with Gasteiger partial charge in [0.15, 0.2) is 0 Å². The largest absolute Gasteiger partial charge is 0.390 e. The van der Waals surface area contributed by atoms with E-state index in [4.69, 9.17) is 0 Å². The number of halogens is 3. The molecule has 1 unspecified atom stereocenters. The highest BCUT2D eigenvalue weighted by molar-refractivity contribution is 7.09. The molecule has 0 aliphatic heterocycles. The van der Waals surface area contributed by atoms with Crippen molar-refractivity contribution >= 4 is 11.3 Å². The number of hydrogen-bond donors (Lipinski definition) is 1. The van der Waals surface area contributed by atoms with Crippen LogP contribution in [0, 0.1) is 0 Å². The van der Waals surface area contributed by atoms with Crippen LogP contribution in [0.15, 0.2) is 17.5 Å². The molecule has 0 aromatic carbocycles. The fourth-order valence-electron chi connectivity index (χ4n) is 1.23. The zero-order valence-corrected chi connectivity index (χ0v) is 8.58. The van der Waals surface area contributed by atoms with E-state index < -0.39 is 18.6 Å². The van der Waals surface area contributed by atoms with Crippen molar-refractivity contribution in [2.24, 2.45) is 0 Å². The standard InChI is InChI=1S/C9H12F3NS/c1-13-7(6-9(10,11)12)5-8-3-2-4-14-8/h2-4,7,13H,5-6H2,1H3. The third kappa shape index (κ3) is 4.11. The Hall–Kier alpha value is -0.550. The summed E-state index contributed by atoms with van der Waals surface area (Å²) in [6.07, 6.45) is -4.43. The average molecular weight is 223 g/mol. The predicted octanol–water partition coefficient (Wildman–Crippen LogP) is 2.83.